The highest BCUT2D eigenvalue weighted by Gasteiger charge is 2.31. The molecule has 0 bridgehead atoms. The summed E-state index contributed by atoms with van der Waals surface area (Å²) in [5.41, 5.74) is 2.02. The molecule has 1 N–H and O–H groups in total. The van der Waals surface area contributed by atoms with Crippen LogP contribution in [0.1, 0.15) is 41.7 Å². The highest BCUT2D eigenvalue weighted by Crippen LogP contribution is 2.32. The van der Waals surface area contributed by atoms with E-state index >= 15 is 0 Å². The van der Waals surface area contributed by atoms with Crippen LogP contribution < -0.4 is 5.32 Å². The van der Waals surface area contributed by atoms with E-state index in [0.717, 1.165) is 40.3 Å². The van der Waals surface area contributed by atoms with Crippen molar-refractivity contribution >= 4 is 74.3 Å². The molecule has 4 rings (SSSR count). The van der Waals surface area contributed by atoms with Gasteiger partial charge >= 0.3 is 0 Å². The Morgan fingerprint density at radius 3 is 2.66 bits per heavy atom. The molecule has 0 spiro atoms. The average Bonchev–Trinajstić information content (AvgIpc) is 3.39. The van der Waals surface area contributed by atoms with Crippen LogP contribution in [-0.4, -0.2) is 32.6 Å². The largest absolute Gasteiger partial charge is 0.302 e. The van der Waals surface area contributed by atoms with Gasteiger partial charge in [0, 0.05) is 35.5 Å². The molecule has 0 saturated carbocycles. The molecule has 9 heteroatoms. The summed E-state index contributed by atoms with van der Waals surface area (Å²) in [6.07, 6.45) is 7.10. The Morgan fingerprint density at radius 2 is 1.86 bits per heavy atom. The van der Waals surface area contributed by atoms with E-state index in [2.05, 4.69) is 10.3 Å². The topological polar surface area (TPSA) is 62.3 Å². The highest BCUT2D eigenvalue weighted by molar-refractivity contribution is 8.26. The van der Waals surface area contributed by atoms with Crippen LogP contribution in [0, 0.1) is 0 Å². The van der Waals surface area contributed by atoms with Crippen molar-refractivity contribution in [3.05, 3.63) is 86.7 Å². The van der Waals surface area contributed by atoms with E-state index in [1.54, 1.807) is 11.1 Å². The van der Waals surface area contributed by atoms with Crippen molar-refractivity contribution in [2.24, 2.45) is 0 Å². The van der Waals surface area contributed by atoms with Crippen molar-refractivity contribution in [3.8, 4) is 0 Å². The molecular formula is C26H24ClN3O2S3. The minimum Gasteiger partial charge on any atom is -0.302 e. The monoisotopic (exact) mass is 541 g/mol. The second-order valence-corrected chi connectivity index (χ2v) is 11.2. The number of thioether (sulfide) groups is 1. The van der Waals surface area contributed by atoms with Gasteiger partial charge in [0.05, 0.1) is 4.91 Å². The van der Waals surface area contributed by atoms with Gasteiger partial charge in [-0.3, -0.25) is 14.5 Å². The Bertz CT molecular complexity index is 1240. The number of anilines is 1. The van der Waals surface area contributed by atoms with Gasteiger partial charge in [-0.1, -0.05) is 90.5 Å². The number of carbonyl (C=O) groups excluding carboxylic acids is 2. The molecule has 1 aromatic heterocycles. The predicted molar refractivity (Wildman–Crippen MR) is 150 cm³/mol. The lowest BCUT2D eigenvalue weighted by Crippen LogP contribution is -2.29. The van der Waals surface area contributed by atoms with E-state index in [1.807, 2.05) is 60.7 Å². The van der Waals surface area contributed by atoms with Crippen LogP contribution in [0.2, 0.25) is 5.02 Å². The third-order valence-corrected chi connectivity index (χ3v) is 8.04. The standard InChI is InChI=1S/C26H24ClN3O2S3/c27-21-12-7-6-11-19(21)16-20-17-28-25(34-20)29-23(31)13-5-2-8-14-30-24(32)22(35-26(30)33)15-18-9-3-1-4-10-18/h1,3-4,6-7,9-12,15,17H,2,5,8,13-14,16H2,(H,28,29,31)/b22-15-. The summed E-state index contributed by atoms with van der Waals surface area (Å²) in [7, 11) is 0. The Kier molecular flexibility index (Phi) is 9.09. The van der Waals surface area contributed by atoms with Gasteiger partial charge in [-0.15, -0.1) is 11.3 Å². The van der Waals surface area contributed by atoms with Crippen molar-refractivity contribution in [1.29, 1.82) is 0 Å². The van der Waals surface area contributed by atoms with Crippen molar-refractivity contribution in [2.75, 3.05) is 11.9 Å². The predicted octanol–water partition coefficient (Wildman–Crippen LogP) is 6.79. The Morgan fingerprint density at radius 1 is 1.09 bits per heavy atom. The van der Waals surface area contributed by atoms with Crippen molar-refractivity contribution < 1.29 is 9.59 Å². The third kappa shape index (κ3) is 7.24. The maximum Gasteiger partial charge on any atom is 0.266 e. The SMILES string of the molecule is O=C(CCCCCN1C(=O)/C(=C/c2ccccc2)SC1=S)Nc1ncc(Cc2ccccc2Cl)s1. The second-order valence-electron chi connectivity index (χ2n) is 8.00. The maximum absolute atomic E-state index is 12.7. The summed E-state index contributed by atoms with van der Waals surface area (Å²) >= 11 is 14.4. The molecule has 5 nitrogen and oxygen atoms in total. The minimum atomic E-state index is -0.0555. The summed E-state index contributed by atoms with van der Waals surface area (Å²) in [4.78, 5) is 32.7. The molecule has 0 radical (unpaired) electrons. The Hall–Kier alpha value is -2.52. The summed E-state index contributed by atoms with van der Waals surface area (Å²) in [5.74, 6) is -0.0991. The zero-order valence-electron chi connectivity index (χ0n) is 18.9. The number of hydrogen-bond acceptors (Lipinski definition) is 6. The van der Waals surface area contributed by atoms with Crippen LogP contribution in [0.25, 0.3) is 6.08 Å². The molecule has 1 saturated heterocycles. The van der Waals surface area contributed by atoms with Gasteiger partial charge in [-0.05, 0) is 36.1 Å². The summed E-state index contributed by atoms with van der Waals surface area (Å²) in [5, 5.41) is 4.20. The first-order valence-corrected chi connectivity index (χ1v) is 13.7. The fourth-order valence-electron chi connectivity index (χ4n) is 3.58. The molecule has 2 amide bonds. The van der Waals surface area contributed by atoms with E-state index < -0.39 is 0 Å². The highest BCUT2D eigenvalue weighted by atomic mass is 35.5. The van der Waals surface area contributed by atoms with Crippen LogP contribution in [0.4, 0.5) is 5.13 Å². The summed E-state index contributed by atoms with van der Waals surface area (Å²) in [6.45, 7) is 0.566. The van der Waals surface area contributed by atoms with Crippen LogP contribution in [-0.2, 0) is 16.0 Å². The van der Waals surface area contributed by atoms with Gasteiger partial charge in [0.15, 0.2) is 5.13 Å². The fourth-order valence-corrected chi connectivity index (χ4v) is 5.95. The normalized spacial score (nSPS) is 14.7. The number of nitrogens with zero attached hydrogens (tertiary/aromatic N) is 2. The first-order chi connectivity index (χ1) is 17.0. The average molecular weight is 542 g/mol. The van der Waals surface area contributed by atoms with Crippen molar-refractivity contribution in [3.63, 3.8) is 0 Å². The number of halogens is 1. The van der Waals surface area contributed by atoms with E-state index in [1.165, 1.54) is 23.1 Å². The number of rotatable bonds is 10. The van der Waals surface area contributed by atoms with Gasteiger partial charge in [-0.2, -0.15) is 0 Å². The molecule has 1 aliphatic rings. The molecule has 35 heavy (non-hydrogen) atoms. The Labute approximate surface area is 223 Å². The quantitative estimate of drug-likeness (QED) is 0.174. The number of carbonyl (C=O) groups is 2. The zero-order valence-corrected chi connectivity index (χ0v) is 22.1. The third-order valence-electron chi connectivity index (χ3n) is 5.38. The zero-order chi connectivity index (χ0) is 24.6. The lowest BCUT2D eigenvalue weighted by Gasteiger charge is -2.14. The molecular weight excluding hydrogens is 518 g/mol. The van der Waals surface area contributed by atoms with E-state index in [9.17, 15) is 9.59 Å². The molecule has 2 aromatic carbocycles. The minimum absolute atomic E-state index is 0.0436. The van der Waals surface area contributed by atoms with Crippen molar-refractivity contribution in [2.45, 2.75) is 32.1 Å². The van der Waals surface area contributed by atoms with Gasteiger partial charge < -0.3 is 5.32 Å². The van der Waals surface area contributed by atoms with Crippen LogP contribution in [0.15, 0.2) is 65.7 Å². The molecule has 0 unspecified atom stereocenters. The number of thiocarbonyl (C=S) groups is 1. The summed E-state index contributed by atoms with van der Waals surface area (Å²) < 4.78 is 0.589. The van der Waals surface area contributed by atoms with Crippen LogP contribution >= 0.6 is 46.9 Å². The molecule has 2 heterocycles. The number of hydrogen-bond donors (Lipinski definition) is 1. The first-order valence-electron chi connectivity index (χ1n) is 11.3. The molecule has 3 aromatic rings. The first kappa shape index (κ1) is 25.6. The van der Waals surface area contributed by atoms with E-state index in [0.29, 0.717) is 33.7 Å². The van der Waals surface area contributed by atoms with Crippen LogP contribution in [0.3, 0.4) is 0 Å². The molecule has 0 aliphatic carbocycles. The number of nitrogens with one attached hydrogen (secondary N) is 1. The van der Waals surface area contributed by atoms with E-state index in [4.69, 9.17) is 23.8 Å². The van der Waals surface area contributed by atoms with Crippen molar-refractivity contribution in [1.82, 2.24) is 9.88 Å². The number of thiazole rings is 1. The van der Waals surface area contributed by atoms with Gasteiger partial charge in [0.25, 0.3) is 5.91 Å². The number of unbranched alkanes of at least 4 members (excludes halogenated alkanes) is 2. The Balaban J connectivity index is 1.17. The van der Waals surface area contributed by atoms with Gasteiger partial charge in [-0.25, -0.2) is 4.98 Å². The number of aromatic nitrogens is 1. The fraction of sp³-hybridized carbons (Fsp3) is 0.231. The number of benzene rings is 2. The van der Waals surface area contributed by atoms with Gasteiger partial charge in [0.2, 0.25) is 5.91 Å². The molecule has 1 fully saturated rings. The van der Waals surface area contributed by atoms with Gasteiger partial charge in [0.1, 0.15) is 4.32 Å². The summed E-state index contributed by atoms with van der Waals surface area (Å²) in [6, 6.07) is 17.5. The van der Waals surface area contributed by atoms with Crippen LogP contribution in [0.5, 0.6) is 0 Å². The maximum atomic E-state index is 12.7. The second kappa shape index (κ2) is 12.4. The lowest BCUT2D eigenvalue weighted by molar-refractivity contribution is -0.122. The molecule has 1 aliphatic heterocycles. The lowest BCUT2D eigenvalue weighted by atomic mass is 10.1. The smallest absolute Gasteiger partial charge is 0.266 e. The molecule has 180 valence electrons. The number of amides is 2. The van der Waals surface area contributed by atoms with E-state index in [-0.39, 0.29) is 11.8 Å². The molecule has 0 atom stereocenters.